The zero-order chi connectivity index (χ0) is 22.8. The fourth-order valence-electron chi connectivity index (χ4n) is 3.13. The summed E-state index contributed by atoms with van der Waals surface area (Å²) in [7, 11) is 0. The van der Waals surface area contributed by atoms with Crippen molar-refractivity contribution in [3.8, 4) is 5.75 Å². The monoisotopic (exact) mass is 484 g/mol. The lowest BCUT2D eigenvalue weighted by atomic mass is 10.1. The molecule has 5 nitrogen and oxygen atoms in total. The average molecular weight is 486 g/mol. The molecule has 2 rings (SSSR count). The molecule has 2 aromatic rings. The Labute approximate surface area is 198 Å². The number of carbonyl (C=O) groups is 2. The number of rotatable bonds is 11. The van der Waals surface area contributed by atoms with Gasteiger partial charge in [-0.3, -0.25) is 9.59 Å². The van der Waals surface area contributed by atoms with E-state index in [0.717, 1.165) is 5.56 Å². The van der Waals surface area contributed by atoms with Crippen molar-refractivity contribution in [1.29, 1.82) is 0 Å². The summed E-state index contributed by atoms with van der Waals surface area (Å²) in [6.07, 6.45) is 1.25. The average Bonchev–Trinajstić information content (AvgIpc) is 2.74. The molecular weight excluding hydrogens is 459 g/mol. The first-order valence-corrected chi connectivity index (χ1v) is 11.4. The maximum atomic E-state index is 13.1. The second kappa shape index (κ2) is 12.8. The van der Waals surface area contributed by atoms with Gasteiger partial charge in [0.15, 0.2) is 0 Å². The van der Waals surface area contributed by atoms with Crippen LogP contribution in [0.25, 0.3) is 0 Å². The van der Waals surface area contributed by atoms with Crippen molar-refractivity contribution >= 4 is 46.6 Å². The van der Waals surface area contributed by atoms with E-state index in [-0.39, 0.29) is 24.8 Å². The van der Waals surface area contributed by atoms with E-state index in [1.54, 1.807) is 47.4 Å². The molecule has 1 unspecified atom stereocenters. The van der Waals surface area contributed by atoms with Crippen molar-refractivity contribution < 1.29 is 14.3 Å². The van der Waals surface area contributed by atoms with E-state index in [2.05, 4.69) is 5.32 Å². The van der Waals surface area contributed by atoms with Gasteiger partial charge in [-0.05, 0) is 61.7 Å². The quantitative estimate of drug-likeness (QED) is 0.412. The van der Waals surface area contributed by atoms with Crippen molar-refractivity contribution in [3.05, 3.63) is 63.1 Å². The third-order valence-corrected chi connectivity index (χ3v) is 5.55. The van der Waals surface area contributed by atoms with E-state index >= 15 is 0 Å². The van der Waals surface area contributed by atoms with Crippen molar-refractivity contribution in [2.45, 2.75) is 45.7 Å². The van der Waals surface area contributed by atoms with Gasteiger partial charge in [0.25, 0.3) is 0 Å². The van der Waals surface area contributed by atoms with Gasteiger partial charge in [-0.1, -0.05) is 47.8 Å². The summed E-state index contributed by atoms with van der Waals surface area (Å²) < 4.78 is 5.67. The SMILES string of the molecule is CCNC(=O)C(CC)N(Cc1ccc(Cl)cc1Cl)C(=O)CCCOc1ccc(Cl)cc1. The second-order valence-electron chi connectivity index (χ2n) is 6.98. The van der Waals surface area contributed by atoms with Gasteiger partial charge < -0.3 is 15.0 Å². The van der Waals surface area contributed by atoms with Crippen molar-refractivity contribution in [2.24, 2.45) is 0 Å². The zero-order valence-electron chi connectivity index (χ0n) is 17.7. The number of hydrogen-bond acceptors (Lipinski definition) is 3. The Morgan fingerprint density at radius 1 is 1.03 bits per heavy atom. The Hall–Kier alpha value is -1.95. The largest absolute Gasteiger partial charge is 0.494 e. The zero-order valence-corrected chi connectivity index (χ0v) is 19.9. The molecule has 0 aromatic heterocycles. The van der Waals surface area contributed by atoms with Gasteiger partial charge in [-0.15, -0.1) is 0 Å². The number of hydrogen-bond donors (Lipinski definition) is 1. The Balaban J connectivity index is 2.07. The fraction of sp³-hybridized carbons (Fsp3) is 0.391. The maximum absolute atomic E-state index is 13.1. The minimum Gasteiger partial charge on any atom is -0.494 e. The van der Waals surface area contributed by atoms with E-state index in [0.29, 0.717) is 46.8 Å². The molecule has 0 aliphatic carbocycles. The lowest BCUT2D eigenvalue weighted by Crippen LogP contribution is -2.49. The number of carbonyl (C=O) groups excluding carboxylic acids is 2. The van der Waals surface area contributed by atoms with Gasteiger partial charge in [0, 0.05) is 34.6 Å². The van der Waals surface area contributed by atoms with Crippen molar-refractivity contribution in [2.75, 3.05) is 13.2 Å². The molecule has 2 amide bonds. The summed E-state index contributed by atoms with van der Waals surface area (Å²) in [6, 6.07) is 11.6. The van der Waals surface area contributed by atoms with Gasteiger partial charge in [-0.25, -0.2) is 0 Å². The molecule has 0 bridgehead atoms. The number of ether oxygens (including phenoxy) is 1. The van der Waals surface area contributed by atoms with Crippen LogP contribution >= 0.6 is 34.8 Å². The molecule has 31 heavy (non-hydrogen) atoms. The third-order valence-electron chi connectivity index (χ3n) is 4.71. The molecule has 168 valence electrons. The minimum atomic E-state index is -0.587. The molecule has 0 aliphatic heterocycles. The highest BCUT2D eigenvalue weighted by molar-refractivity contribution is 6.35. The van der Waals surface area contributed by atoms with E-state index in [9.17, 15) is 9.59 Å². The van der Waals surface area contributed by atoms with Crippen LogP contribution in [0, 0.1) is 0 Å². The number of nitrogens with zero attached hydrogens (tertiary/aromatic N) is 1. The van der Waals surface area contributed by atoms with E-state index in [1.165, 1.54) is 0 Å². The number of likely N-dealkylation sites (N-methyl/N-ethyl adjacent to an activating group) is 1. The standard InChI is InChI=1S/C23H27Cl3N2O3/c1-3-21(23(30)27-4-2)28(15-16-7-8-18(25)14-20(16)26)22(29)6-5-13-31-19-11-9-17(24)10-12-19/h7-12,14,21H,3-6,13,15H2,1-2H3,(H,27,30). The normalized spacial score (nSPS) is 11.6. The molecule has 0 aliphatic rings. The van der Waals surface area contributed by atoms with Gasteiger partial charge in [-0.2, -0.15) is 0 Å². The van der Waals surface area contributed by atoms with Crippen molar-refractivity contribution in [3.63, 3.8) is 0 Å². The fourth-order valence-corrected chi connectivity index (χ4v) is 3.73. The van der Waals surface area contributed by atoms with E-state index in [4.69, 9.17) is 39.5 Å². The van der Waals surface area contributed by atoms with Gasteiger partial charge in [0.2, 0.25) is 11.8 Å². The lowest BCUT2D eigenvalue weighted by Gasteiger charge is -2.31. The Morgan fingerprint density at radius 2 is 1.71 bits per heavy atom. The number of nitrogens with one attached hydrogen (secondary N) is 1. The molecule has 0 saturated heterocycles. The van der Waals surface area contributed by atoms with E-state index in [1.807, 2.05) is 13.8 Å². The summed E-state index contributed by atoms with van der Waals surface area (Å²) in [6.45, 7) is 4.83. The molecule has 1 atom stereocenters. The number of amides is 2. The van der Waals surface area contributed by atoms with E-state index < -0.39 is 6.04 Å². The summed E-state index contributed by atoms with van der Waals surface area (Å²) in [5.74, 6) is 0.375. The highest BCUT2D eigenvalue weighted by Crippen LogP contribution is 2.24. The molecule has 0 fully saturated rings. The molecular formula is C23H27Cl3N2O3. The van der Waals surface area contributed by atoms with Crippen LogP contribution in [0.2, 0.25) is 15.1 Å². The first-order chi connectivity index (χ1) is 14.8. The second-order valence-corrected chi connectivity index (χ2v) is 8.26. The summed E-state index contributed by atoms with van der Waals surface area (Å²) in [5.41, 5.74) is 0.736. The van der Waals surface area contributed by atoms with Gasteiger partial charge >= 0.3 is 0 Å². The summed E-state index contributed by atoms with van der Waals surface area (Å²) in [4.78, 5) is 27.3. The molecule has 2 aromatic carbocycles. The van der Waals surface area contributed by atoms with Crippen LogP contribution in [0.5, 0.6) is 5.75 Å². The van der Waals surface area contributed by atoms with Crippen LogP contribution in [-0.4, -0.2) is 35.9 Å². The molecule has 0 heterocycles. The summed E-state index contributed by atoms with van der Waals surface area (Å²) >= 11 is 18.2. The molecule has 0 spiro atoms. The van der Waals surface area contributed by atoms with Crippen LogP contribution in [0.15, 0.2) is 42.5 Å². The molecule has 1 N–H and O–H groups in total. The van der Waals surface area contributed by atoms with Crippen LogP contribution in [0.1, 0.15) is 38.7 Å². The van der Waals surface area contributed by atoms with Crippen molar-refractivity contribution in [1.82, 2.24) is 10.2 Å². The first kappa shape index (κ1) is 25.3. The summed E-state index contributed by atoms with van der Waals surface area (Å²) in [5, 5.41) is 4.42. The Kier molecular flexibility index (Phi) is 10.4. The van der Waals surface area contributed by atoms with Gasteiger partial charge in [0.1, 0.15) is 11.8 Å². The van der Waals surface area contributed by atoms with Crippen LogP contribution < -0.4 is 10.1 Å². The van der Waals surface area contributed by atoms with Crippen LogP contribution in [0.4, 0.5) is 0 Å². The molecule has 8 heteroatoms. The third kappa shape index (κ3) is 7.91. The smallest absolute Gasteiger partial charge is 0.242 e. The highest BCUT2D eigenvalue weighted by atomic mass is 35.5. The topological polar surface area (TPSA) is 58.6 Å². The number of benzene rings is 2. The maximum Gasteiger partial charge on any atom is 0.242 e. The Bertz CT molecular complexity index is 875. The predicted octanol–water partition coefficient (Wildman–Crippen LogP) is 5.75. The highest BCUT2D eigenvalue weighted by Gasteiger charge is 2.28. The lowest BCUT2D eigenvalue weighted by molar-refractivity contribution is -0.141. The van der Waals surface area contributed by atoms with Crippen LogP contribution in [0.3, 0.4) is 0 Å². The van der Waals surface area contributed by atoms with Gasteiger partial charge in [0.05, 0.1) is 6.61 Å². The molecule has 0 radical (unpaired) electrons. The first-order valence-electron chi connectivity index (χ1n) is 10.2. The number of halogens is 3. The van der Waals surface area contributed by atoms with Crippen LogP contribution in [-0.2, 0) is 16.1 Å². The minimum absolute atomic E-state index is 0.135. The Morgan fingerprint density at radius 3 is 2.32 bits per heavy atom. The predicted molar refractivity (Wildman–Crippen MR) is 126 cm³/mol. The molecule has 0 saturated carbocycles.